The van der Waals surface area contributed by atoms with Gasteiger partial charge in [-0.15, -0.1) is 0 Å². The van der Waals surface area contributed by atoms with E-state index in [0.29, 0.717) is 0 Å². The summed E-state index contributed by atoms with van der Waals surface area (Å²) in [6.45, 7) is 0. The van der Waals surface area contributed by atoms with Gasteiger partial charge < -0.3 is 16.2 Å². The highest BCUT2D eigenvalue weighted by molar-refractivity contribution is 5.97. The quantitative estimate of drug-likeness (QED) is 0.791. The summed E-state index contributed by atoms with van der Waals surface area (Å²) in [6.07, 6.45) is -3.58. The number of halogens is 3. The Balaban J connectivity index is 2.32. The summed E-state index contributed by atoms with van der Waals surface area (Å²) in [7, 11) is 0. The van der Waals surface area contributed by atoms with Crippen LogP contribution < -0.4 is 11.1 Å². The smallest absolute Gasteiger partial charge is 0.416 e. The Morgan fingerprint density at radius 1 is 1.17 bits per heavy atom. The largest absolute Gasteiger partial charge is 0.476 e. The predicted octanol–water partition coefficient (Wildman–Crippen LogP) is 2.04. The molecule has 0 aliphatic rings. The minimum atomic E-state index is -4.47. The van der Waals surface area contributed by atoms with Crippen LogP contribution in [0.3, 0.4) is 0 Å². The maximum absolute atomic E-state index is 12.5. The Morgan fingerprint density at radius 2 is 1.78 bits per heavy atom. The number of hydrogen-bond donors (Lipinski definition) is 3. The predicted molar refractivity (Wildman–Crippen MR) is 72.2 cm³/mol. The lowest BCUT2D eigenvalue weighted by molar-refractivity contribution is -0.137. The molecular formula is C13H9F3N4O3. The number of nitrogens with zero attached hydrogens (tertiary/aromatic N) is 2. The number of rotatable bonds is 4. The Bertz CT molecular complexity index is 760. The number of carboxylic acid groups (broad SMARTS) is 1. The number of carboxylic acids is 1. The number of aromatic nitrogens is 2. The Kier molecular flexibility index (Phi) is 4.16. The van der Waals surface area contributed by atoms with E-state index in [1.165, 1.54) is 0 Å². The number of amides is 1. The van der Waals surface area contributed by atoms with Crippen molar-refractivity contribution < 1.29 is 27.9 Å². The third-order valence-corrected chi connectivity index (χ3v) is 2.70. The second-order valence-corrected chi connectivity index (χ2v) is 4.32. The van der Waals surface area contributed by atoms with Crippen molar-refractivity contribution in [2.45, 2.75) is 6.18 Å². The number of alkyl halides is 3. The van der Waals surface area contributed by atoms with E-state index in [4.69, 9.17) is 10.8 Å². The molecule has 4 N–H and O–H groups in total. The van der Waals surface area contributed by atoms with Gasteiger partial charge in [-0.1, -0.05) is 0 Å². The topological polar surface area (TPSA) is 118 Å². The second-order valence-electron chi connectivity index (χ2n) is 4.32. The van der Waals surface area contributed by atoms with Gasteiger partial charge in [0.25, 0.3) is 5.91 Å². The van der Waals surface area contributed by atoms with Crippen molar-refractivity contribution in [3.05, 3.63) is 47.4 Å². The van der Waals surface area contributed by atoms with E-state index >= 15 is 0 Å². The zero-order valence-corrected chi connectivity index (χ0v) is 11.3. The highest BCUT2D eigenvalue weighted by atomic mass is 19.4. The van der Waals surface area contributed by atoms with Crippen LogP contribution in [-0.4, -0.2) is 27.0 Å². The van der Waals surface area contributed by atoms with E-state index in [9.17, 15) is 22.8 Å². The molecule has 1 heterocycles. The molecule has 7 nitrogen and oxygen atoms in total. The van der Waals surface area contributed by atoms with E-state index in [-0.39, 0.29) is 11.5 Å². The van der Waals surface area contributed by atoms with E-state index in [2.05, 4.69) is 15.3 Å². The number of anilines is 2. The highest BCUT2D eigenvalue weighted by Crippen LogP contribution is 2.30. The van der Waals surface area contributed by atoms with Crippen LogP contribution >= 0.6 is 0 Å². The molecule has 2 aromatic rings. The van der Waals surface area contributed by atoms with Gasteiger partial charge >= 0.3 is 12.1 Å². The molecule has 0 bridgehead atoms. The van der Waals surface area contributed by atoms with Gasteiger partial charge in [-0.2, -0.15) is 13.2 Å². The molecule has 0 unspecified atom stereocenters. The fraction of sp³-hybridized carbons (Fsp3) is 0.0769. The molecule has 23 heavy (non-hydrogen) atoms. The van der Waals surface area contributed by atoms with Crippen LogP contribution in [0.4, 0.5) is 24.7 Å². The van der Waals surface area contributed by atoms with Crippen LogP contribution in [0.5, 0.6) is 0 Å². The van der Waals surface area contributed by atoms with E-state index in [1.54, 1.807) is 0 Å². The molecule has 0 saturated heterocycles. The summed E-state index contributed by atoms with van der Waals surface area (Å²) in [6, 6.07) is 3.93. The lowest BCUT2D eigenvalue weighted by atomic mass is 10.2. The zero-order valence-electron chi connectivity index (χ0n) is 11.3. The maximum atomic E-state index is 12.5. The van der Waals surface area contributed by atoms with Crippen LogP contribution in [0.25, 0.3) is 0 Å². The lowest BCUT2D eigenvalue weighted by Crippen LogP contribution is -2.18. The number of carbonyl (C=O) groups is 2. The fourth-order valence-corrected chi connectivity index (χ4v) is 1.63. The van der Waals surface area contributed by atoms with Crippen LogP contribution in [0, 0.1) is 0 Å². The first kappa shape index (κ1) is 16.2. The molecule has 0 aliphatic heterocycles. The first-order valence-electron chi connectivity index (χ1n) is 6.03. The molecule has 10 heteroatoms. The van der Waals surface area contributed by atoms with Gasteiger partial charge in [-0.3, -0.25) is 4.79 Å². The molecule has 2 rings (SSSR count). The minimum Gasteiger partial charge on any atom is -0.476 e. The molecule has 1 amide bonds. The molecule has 120 valence electrons. The number of aromatic carboxylic acids is 1. The molecule has 0 spiro atoms. The molecule has 1 aromatic heterocycles. The first-order chi connectivity index (χ1) is 10.7. The fourth-order valence-electron chi connectivity index (χ4n) is 1.63. The van der Waals surface area contributed by atoms with Gasteiger partial charge in [0.2, 0.25) is 0 Å². The third-order valence-electron chi connectivity index (χ3n) is 2.70. The SMILES string of the molecule is NC(=O)c1nc(C(=O)O)cnc1Nc1ccc(C(F)(F)F)cc1. The second kappa shape index (κ2) is 5.91. The summed E-state index contributed by atoms with van der Waals surface area (Å²) < 4.78 is 37.4. The minimum absolute atomic E-state index is 0.165. The van der Waals surface area contributed by atoms with E-state index in [0.717, 1.165) is 30.5 Å². The monoisotopic (exact) mass is 326 g/mol. The van der Waals surface area contributed by atoms with Crippen LogP contribution in [-0.2, 0) is 6.18 Å². The number of nitrogens with one attached hydrogen (secondary N) is 1. The van der Waals surface area contributed by atoms with Crippen molar-refractivity contribution in [1.29, 1.82) is 0 Å². The van der Waals surface area contributed by atoms with Crippen LogP contribution in [0.1, 0.15) is 26.5 Å². The van der Waals surface area contributed by atoms with Gasteiger partial charge in [0.1, 0.15) is 0 Å². The molecule has 0 saturated carbocycles. The highest BCUT2D eigenvalue weighted by Gasteiger charge is 2.30. The Morgan fingerprint density at radius 3 is 2.26 bits per heavy atom. The molecule has 0 fully saturated rings. The third kappa shape index (κ3) is 3.73. The Hall–Kier alpha value is -3.17. The maximum Gasteiger partial charge on any atom is 0.416 e. The number of carbonyl (C=O) groups excluding carboxylic acids is 1. The molecule has 0 atom stereocenters. The van der Waals surface area contributed by atoms with Crippen LogP contribution in [0.15, 0.2) is 30.5 Å². The van der Waals surface area contributed by atoms with Crippen molar-refractivity contribution in [2.75, 3.05) is 5.32 Å². The van der Waals surface area contributed by atoms with Gasteiger partial charge in [0, 0.05) is 5.69 Å². The Labute approximate surface area is 127 Å². The van der Waals surface area contributed by atoms with Gasteiger partial charge in [0.15, 0.2) is 17.2 Å². The number of primary amides is 1. The number of hydrogen-bond acceptors (Lipinski definition) is 5. The average Bonchev–Trinajstić information content (AvgIpc) is 2.46. The standard InChI is InChI=1S/C13H9F3N4O3/c14-13(15,16)6-1-3-7(4-2-6)19-11-9(10(17)21)20-8(5-18-11)12(22)23/h1-5H,(H2,17,21)(H,18,19)(H,22,23). The molecular weight excluding hydrogens is 317 g/mol. The first-order valence-corrected chi connectivity index (χ1v) is 6.03. The van der Waals surface area contributed by atoms with E-state index in [1.807, 2.05) is 0 Å². The van der Waals surface area contributed by atoms with Crippen molar-refractivity contribution >= 4 is 23.4 Å². The van der Waals surface area contributed by atoms with Gasteiger partial charge in [-0.25, -0.2) is 14.8 Å². The van der Waals surface area contributed by atoms with Crippen LogP contribution in [0.2, 0.25) is 0 Å². The lowest BCUT2D eigenvalue weighted by Gasteiger charge is -2.10. The summed E-state index contributed by atoms with van der Waals surface area (Å²) >= 11 is 0. The van der Waals surface area contributed by atoms with Crippen molar-refractivity contribution in [1.82, 2.24) is 9.97 Å². The molecule has 0 radical (unpaired) electrons. The number of benzene rings is 1. The van der Waals surface area contributed by atoms with Gasteiger partial charge in [0.05, 0.1) is 11.8 Å². The van der Waals surface area contributed by atoms with Crippen molar-refractivity contribution in [3.8, 4) is 0 Å². The summed E-state index contributed by atoms with van der Waals surface area (Å²) in [4.78, 5) is 29.4. The van der Waals surface area contributed by atoms with Gasteiger partial charge in [-0.05, 0) is 24.3 Å². The molecule has 1 aromatic carbocycles. The summed E-state index contributed by atoms with van der Waals surface area (Å²) in [5, 5.41) is 11.4. The summed E-state index contributed by atoms with van der Waals surface area (Å²) in [5.74, 6) is -2.60. The molecule has 0 aliphatic carbocycles. The number of nitrogens with two attached hydrogens (primary N) is 1. The van der Waals surface area contributed by atoms with Crippen molar-refractivity contribution in [3.63, 3.8) is 0 Å². The normalized spacial score (nSPS) is 11.1. The average molecular weight is 326 g/mol. The van der Waals surface area contributed by atoms with E-state index < -0.39 is 35.0 Å². The van der Waals surface area contributed by atoms with Crippen molar-refractivity contribution in [2.24, 2.45) is 5.73 Å². The summed E-state index contributed by atoms with van der Waals surface area (Å²) in [5.41, 5.74) is 3.52. The zero-order chi connectivity index (χ0) is 17.2.